The fourth-order valence-corrected chi connectivity index (χ4v) is 3.12. The highest BCUT2D eigenvalue weighted by Gasteiger charge is 2.36. The van der Waals surface area contributed by atoms with Crippen LogP contribution in [0.2, 0.25) is 0 Å². The zero-order chi connectivity index (χ0) is 23.3. The number of carbonyl (C=O) groups excluding carboxylic acids is 2. The monoisotopic (exact) mass is 450 g/mol. The average molecular weight is 450 g/mol. The van der Waals surface area contributed by atoms with Crippen molar-refractivity contribution in [3.8, 4) is 0 Å². The largest absolute Gasteiger partial charge is 0.453 e. The minimum Gasteiger partial charge on any atom is -0.453 e. The predicted molar refractivity (Wildman–Crippen MR) is 112 cm³/mol. The van der Waals surface area contributed by atoms with Crippen LogP contribution in [-0.4, -0.2) is 53.1 Å². The summed E-state index contributed by atoms with van der Waals surface area (Å²) in [6.45, 7) is 4.10. The van der Waals surface area contributed by atoms with Crippen molar-refractivity contribution >= 4 is 35.1 Å². The van der Waals surface area contributed by atoms with Gasteiger partial charge in [-0.05, 0) is 24.6 Å². The maximum atomic E-state index is 13.6. The van der Waals surface area contributed by atoms with Crippen LogP contribution >= 0.6 is 0 Å². The van der Waals surface area contributed by atoms with Crippen LogP contribution in [0.4, 0.5) is 41.1 Å². The number of anilines is 4. The number of carbonyl (C=O) groups is 2. The van der Waals surface area contributed by atoms with E-state index in [4.69, 9.17) is 0 Å². The molecule has 0 radical (unpaired) electrons. The van der Waals surface area contributed by atoms with Crippen LogP contribution in [0, 0.1) is 0 Å². The lowest BCUT2D eigenvalue weighted by molar-refractivity contribution is -0.137. The number of para-hydroxylation sites is 2. The van der Waals surface area contributed by atoms with Crippen LogP contribution < -0.4 is 16.0 Å². The zero-order valence-corrected chi connectivity index (χ0v) is 17.1. The molecule has 32 heavy (non-hydrogen) atoms. The minimum absolute atomic E-state index is 0.0372. The fraction of sp³-hybridized carbons (Fsp3) is 0.300. The Morgan fingerprint density at radius 3 is 2.66 bits per heavy atom. The lowest BCUT2D eigenvalue weighted by Crippen LogP contribution is -2.31. The normalized spacial score (nSPS) is 15.8. The third-order valence-corrected chi connectivity index (χ3v) is 4.67. The molecule has 1 atom stereocenters. The van der Waals surface area contributed by atoms with Crippen molar-refractivity contribution in [2.45, 2.75) is 18.6 Å². The molecule has 2 aromatic rings. The molecule has 0 aliphatic carbocycles. The number of halogens is 3. The summed E-state index contributed by atoms with van der Waals surface area (Å²) in [5.41, 5.74) is -0.616. The number of hydrogen-bond donors (Lipinski definition) is 3. The van der Waals surface area contributed by atoms with Gasteiger partial charge in [0, 0.05) is 25.3 Å². The van der Waals surface area contributed by atoms with Crippen molar-refractivity contribution in [1.29, 1.82) is 0 Å². The van der Waals surface area contributed by atoms with Gasteiger partial charge in [0.15, 0.2) is 0 Å². The summed E-state index contributed by atoms with van der Waals surface area (Å²) in [7, 11) is 1.27. The third-order valence-electron chi connectivity index (χ3n) is 4.67. The smallest absolute Gasteiger partial charge is 0.421 e. The Labute approximate surface area is 181 Å². The molecular formula is C20H21F3N6O3. The highest BCUT2D eigenvalue weighted by Crippen LogP contribution is 2.36. The summed E-state index contributed by atoms with van der Waals surface area (Å²) >= 11 is 0. The van der Waals surface area contributed by atoms with Gasteiger partial charge in [-0.15, -0.1) is 0 Å². The maximum absolute atomic E-state index is 13.6. The van der Waals surface area contributed by atoms with Crippen molar-refractivity contribution in [3.63, 3.8) is 0 Å². The molecule has 2 heterocycles. The molecular weight excluding hydrogens is 429 g/mol. The van der Waals surface area contributed by atoms with Gasteiger partial charge in [-0.3, -0.25) is 4.79 Å². The first kappa shape index (κ1) is 22.8. The first-order valence-corrected chi connectivity index (χ1v) is 9.54. The lowest BCUT2D eigenvalue weighted by atomic mass is 10.2. The van der Waals surface area contributed by atoms with Crippen LogP contribution in [0.1, 0.15) is 12.0 Å². The number of benzene rings is 1. The molecule has 0 bridgehead atoms. The van der Waals surface area contributed by atoms with Crippen LogP contribution in [0.3, 0.4) is 0 Å². The Morgan fingerprint density at radius 1 is 1.28 bits per heavy atom. The average Bonchev–Trinajstić information content (AvgIpc) is 3.22. The SMILES string of the molecule is C=CC(=O)Nc1ccccc1Nc1nc(NC2CCN(C(=O)OC)C2)ncc1C(F)(F)F. The number of nitrogens with zero attached hydrogens (tertiary/aromatic N) is 3. The molecule has 1 unspecified atom stereocenters. The summed E-state index contributed by atoms with van der Waals surface area (Å²) in [6.07, 6.45) is -2.92. The number of hydrogen-bond acceptors (Lipinski definition) is 7. The summed E-state index contributed by atoms with van der Waals surface area (Å²) in [6, 6.07) is 5.99. The van der Waals surface area contributed by atoms with E-state index in [2.05, 4.69) is 37.2 Å². The van der Waals surface area contributed by atoms with Gasteiger partial charge in [-0.1, -0.05) is 18.7 Å². The second-order valence-corrected chi connectivity index (χ2v) is 6.86. The van der Waals surface area contributed by atoms with E-state index in [1.165, 1.54) is 24.1 Å². The molecule has 1 saturated heterocycles. The zero-order valence-electron chi connectivity index (χ0n) is 17.1. The van der Waals surface area contributed by atoms with Crippen LogP contribution in [0.5, 0.6) is 0 Å². The molecule has 12 heteroatoms. The van der Waals surface area contributed by atoms with E-state index in [0.717, 1.165) is 6.08 Å². The molecule has 0 spiro atoms. The van der Waals surface area contributed by atoms with Gasteiger partial charge in [0.25, 0.3) is 0 Å². The minimum atomic E-state index is -4.71. The van der Waals surface area contributed by atoms with Gasteiger partial charge in [0.1, 0.15) is 11.4 Å². The van der Waals surface area contributed by atoms with E-state index in [0.29, 0.717) is 25.7 Å². The molecule has 3 rings (SSSR count). The number of likely N-dealkylation sites (tertiary alicyclic amines) is 1. The quantitative estimate of drug-likeness (QED) is 0.577. The van der Waals surface area contributed by atoms with Gasteiger partial charge in [-0.2, -0.15) is 18.2 Å². The molecule has 9 nitrogen and oxygen atoms in total. The predicted octanol–water partition coefficient (Wildman–Crippen LogP) is 3.62. The first-order chi connectivity index (χ1) is 15.2. The number of methoxy groups -OCH3 is 1. The number of aromatic nitrogens is 2. The lowest BCUT2D eigenvalue weighted by Gasteiger charge is -2.18. The molecule has 170 valence electrons. The second-order valence-electron chi connectivity index (χ2n) is 6.86. The Balaban J connectivity index is 1.86. The van der Waals surface area contributed by atoms with Crippen molar-refractivity contribution in [1.82, 2.24) is 14.9 Å². The van der Waals surface area contributed by atoms with E-state index >= 15 is 0 Å². The van der Waals surface area contributed by atoms with E-state index in [-0.39, 0.29) is 23.4 Å². The standard InChI is InChI=1S/C20H21F3N6O3/c1-3-16(30)26-14-6-4-5-7-15(14)27-17-13(20(21,22)23)10-24-18(28-17)25-12-8-9-29(11-12)19(31)32-2/h3-7,10,12H,1,8-9,11H2,2H3,(H,26,30)(H2,24,25,27,28). The highest BCUT2D eigenvalue weighted by molar-refractivity contribution is 6.01. The molecule has 1 aromatic heterocycles. The van der Waals surface area contributed by atoms with Crippen LogP contribution in [-0.2, 0) is 15.7 Å². The number of rotatable bonds is 6. The maximum Gasteiger partial charge on any atom is 0.421 e. The number of amides is 2. The summed E-state index contributed by atoms with van der Waals surface area (Å²) in [5, 5.41) is 8.11. The van der Waals surface area contributed by atoms with E-state index in [1.54, 1.807) is 12.1 Å². The highest BCUT2D eigenvalue weighted by atomic mass is 19.4. The van der Waals surface area contributed by atoms with Gasteiger partial charge in [-0.25, -0.2) is 9.78 Å². The fourth-order valence-electron chi connectivity index (χ4n) is 3.12. The summed E-state index contributed by atoms with van der Waals surface area (Å²) in [4.78, 5) is 32.5. The molecule has 3 N–H and O–H groups in total. The molecule has 2 amide bonds. The Morgan fingerprint density at radius 2 is 2.00 bits per heavy atom. The summed E-state index contributed by atoms with van der Waals surface area (Å²) < 4.78 is 45.3. The molecule has 0 saturated carbocycles. The van der Waals surface area contributed by atoms with Crippen molar-refractivity contribution in [2.24, 2.45) is 0 Å². The number of nitrogens with one attached hydrogen (secondary N) is 3. The van der Waals surface area contributed by atoms with Crippen molar-refractivity contribution in [3.05, 3.63) is 48.7 Å². The topological polar surface area (TPSA) is 108 Å². The Kier molecular flexibility index (Phi) is 6.81. The third kappa shape index (κ3) is 5.45. The second kappa shape index (κ2) is 9.54. The number of alkyl halides is 3. The van der Waals surface area contributed by atoms with Crippen LogP contribution in [0.15, 0.2) is 43.1 Å². The van der Waals surface area contributed by atoms with E-state index in [9.17, 15) is 22.8 Å². The molecule has 1 fully saturated rings. The molecule has 1 aliphatic heterocycles. The molecule has 1 aromatic carbocycles. The Hall–Kier alpha value is -3.83. The van der Waals surface area contributed by atoms with Crippen molar-refractivity contribution < 1.29 is 27.5 Å². The van der Waals surface area contributed by atoms with Gasteiger partial charge < -0.3 is 25.6 Å². The van der Waals surface area contributed by atoms with Crippen LogP contribution in [0.25, 0.3) is 0 Å². The Bertz CT molecular complexity index is 1010. The van der Waals surface area contributed by atoms with E-state index < -0.39 is 29.6 Å². The van der Waals surface area contributed by atoms with E-state index in [1.807, 2.05) is 0 Å². The number of ether oxygens (including phenoxy) is 1. The molecule has 1 aliphatic rings. The van der Waals surface area contributed by atoms with Gasteiger partial charge >= 0.3 is 12.3 Å². The van der Waals surface area contributed by atoms with Gasteiger partial charge in [0.2, 0.25) is 11.9 Å². The summed E-state index contributed by atoms with van der Waals surface area (Å²) in [5.74, 6) is -1.04. The van der Waals surface area contributed by atoms with Crippen molar-refractivity contribution in [2.75, 3.05) is 36.1 Å². The van der Waals surface area contributed by atoms with Gasteiger partial charge in [0.05, 0.1) is 18.5 Å². The first-order valence-electron chi connectivity index (χ1n) is 9.54.